The molecule has 0 aliphatic carbocycles. The smallest absolute Gasteiger partial charge is 0.227 e. The fraction of sp³-hybridized carbons (Fsp3) is 0.533. The van der Waals surface area contributed by atoms with E-state index in [0.29, 0.717) is 5.91 Å². The molecular formula is C15H20BrClN2O. The SMILES string of the molecule is Cl.O=C(C1CCCNC1)N1CCc2c(Br)cccc2C1. The van der Waals surface area contributed by atoms with Gasteiger partial charge in [-0.3, -0.25) is 4.79 Å². The molecular weight excluding hydrogens is 340 g/mol. The Morgan fingerprint density at radius 2 is 2.25 bits per heavy atom. The second-order valence-electron chi connectivity index (χ2n) is 5.43. The lowest BCUT2D eigenvalue weighted by Crippen LogP contribution is -2.44. The molecule has 1 unspecified atom stereocenters. The third-order valence-electron chi connectivity index (χ3n) is 4.17. The summed E-state index contributed by atoms with van der Waals surface area (Å²) in [5, 5.41) is 3.33. The van der Waals surface area contributed by atoms with Crippen LogP contribution in [-0.2, 0) is 17.8 Å². The fourth-order valence-corrected chi connectivity index (χ4v) is 3.68. The van der Waals surface area contributed by atoms with E-state index in [-0.39, 0.29) is 18.3 Å². The van der Waals surface area contributed by atoms with Crippen molar-refractivity contribution in [2.75, 3.05) is 19.6 Å². The number of piperidine rings is 1. The van der Waals surface area contributed by atoms with E-state index in [9.17, 15) is 4.79 Å². The molecule has 3 rings (SSSR count). The van der Waals surface area contributed by atoms with Crippen molar-refractivity contribution in [1.29, 1.82) is 0 Å². The summed E-state index contributed by atoms with van der Waals surface area (Å²) >= 11 is 3.60. The summed E-state index contributed by atoms with van der Waals surface area (Å²) in [6.07, 6.45) is 3.11. The van der Waals surface area contributed by atoms with Gasteiger partial charge in [-0.2, -0.15) is 0 Å². The number of benzene rings is 1. The molecule has 1 fully saturated rings. The van der Waals surface area contributed by atoms with Gasteiger partial charge in [0.25, 0.3) is 0 Å². The highest BCUT2D eigenvalue weighted by molar-refractivity contribution is 9.10. The van der Waals surface area contributed by atoms with Crippen LogP contribution in [0.5, 0.6) is 0 Å². The number of halogens is 2. The highest BCUT2D eigenvalue weighted by atomic mass is 79.9. The molecule has 0 bridgehead atoms. The summed E-state index contributed by atoms with van der Waals surface area (Å²) in [6.45, 7) is 3.52. The van der Waals surface area contributed by atoms with Crippen LogP contribution >= 0.6 is 28.3 Å². The van der Waals surface area contributed by atoms with Gasteiger partial charge in [-0.05, 0) is 43.0 Å². The number of nitrogens with zero attached hydrogens (tertiary/aromatic N) is 1. The molecule has 0 spiro atoms. The van der Waals surface area contributed by atoms with Crippen LogP contribution in [0.25, 0.3) is 0 Å². The molecule has 110 valence electrons. The predicted octanol–water partition coefficient (Wildman–Crippen LogP) is 2.76. The van der Waals surface area contributed by atoms with Crippen LogP contribution in [0.15, 0.2) is 22.7 Å². The predicted molar refractivity (Wildman–Crippen MR) is 86.1 cm³/mol. The van der Waals surface area contributed by atoms with E-state index in [2.05, 4.69) is 39.4 Å². The van der Waals surface area contributed by atoms with E-state index in [1.54, 1.807) is 0 Å². The zero-order valence-electron chi connectivity index (χ0n) is 11.4. The van der Waals surface area contributed by atoms with Crippen LogP contribution in [0.1, 0.15) is 24.0 Å². The van der Waals surface area contributed by atoms with Crippen LogP contribution < -0.4 is 5.32 Å². The van der Waals surface area contributed by atoms with Crippen molar-refractivity contribution in [1.82, 2.24) is 10.2 Å². The number of fused-ring (bicyclic) bond motifs is 1. The van der Waals surface area contributed by atoms with Gasteiger partial charge in [-0.1, -0.05) is 28.1 Å². The van der Waals surface area contributed by atoms with E-state index < -0.39 is 0 Å². The minimum absolute atomic E-state index is 0. The minimum Gasteiger partial charge on any atom is -0.338 e. The average Bonchev–Trinajstić information content (AvgIpc) is 2.47. The van der Waals surface area contributed by atoms with Gasteiger partial charge >= 0.3 is 0 Å². The Labute approximate surface area is 134 Å². The van der Waals surface area contributed by atoms with Crippen molar-refractivity contribution in [2.45, 2.75) is 25.8 Å². The van der Waals surface area contributed by atoms with Crippen molar-refractivity contribution < 1.29 is 4.79 Å². The molecule has 0 aromatic heterocycles. The second kappa shape index (κ2) is 6.92. The van der Waals surface area contributed by atoms with E-state index in [4.69, 9.17) is 0 Å². The quantitative estimate of drug-likeness (QED) is 0.836. The Morgan fingerprint density at radius 3 is 3.00 bits per heavy atom. The van der Waals surface area contributed by atoms with Gasteiger partial charge in [0.05, 0.1) is 5.92 Å². The summed E-state index contributed by atoms with van der Waals surface area (Å²) in [5.41, 5.74) is 2.66. The zero-order chi connectivity index (χ0) is 13.2. The van der Waals surface area contributed by atoms with Crippen molar-refractivity contribution >= 4 is 34.2 Å². The Kier molecular flexibility index (Phi) is 5.47. The third kappa shape index (κ3) is 3.18. The average molecular weight is 360 g/mol. The number of nitrogens with one attached hydrogen (secondary N) is 1. The van der Waals surface area contributed by atoms with Crippen molar-refractivity contribution in [3.63, 3.8) is 0 Å². The highest BCUT2D eigenvalue weighted by Gasteiger charge is 2.28. The highest BCUT2D eigenvalue weighted by Crippen LogP contribution is 2.27. The number of hydrogen-bond donors (Lipinski definition) is 1. The van der Waals surface area contributed by atoms with E-state index in [0.717, 1.165) is 45.4 Å². The summed E-state index contributed by atoms with van der Waals surface area (Å²) in [6, 6.07) is 6.28. The van der Waals surface area contributed by atoms with Crippen molar-refractivity contribution in [2.24, 2.45) is 5.92 Å². The van der Waals surface area contributed by atoms with Crippen molar-refractivity contribution in [3.8, 4) is 0 Å². The lowest BCUT2D eigenvalue weighted by atomic mass is 9.95. The maximum atomic E-state index is 12.5. The van der Waals surface area contributed by atoms with Crippen LogP contribution in [-0.4, -0.2) is 30.4 Å². The van der Waals surface area contributed by atoms with Gasteiger partial charge in [0, 0.05) is 24.1 Å². The monoisotopic (exact) mass is 358 g/mol. The lowest BCUT2D eigenvalue weighted by Gasteiger charge is -2.33. The maximum Gasteiger partial charge on any atom is 0.227 e. The molecule has 1 atom stereocenters. The van der Waals surface area contributed by atoms with Gasteiger partial charge in [-0.25, -0.2) is 0 Å². The standard InChI is InChI=1S/C15H19BrN2O.ClH/c16-14-5-1-3-12-10-18(8-6-13(12)14)15(19)11-4-2-7-17-9-11;/h1,3,5,11,17H,2,4,6-10H2;1H. The van der Waals surface area contributed by atoms with Gasteiger partial charge in [0.1, 0.15) is 0 Å². The van der Waals surface area contributed by atoms with E-state index in [1.807, 2.05) is 4.90 Å². The molecule has 1 saturated heterocycles. The molecule has 2 aliphatic rings. The molecule has 2 aliphatic heterocycles. The Hall–Kier alpha value is -0.580. The van der Waals surface area contributed by atoms with E-state index in [1.165, 1.54) is 15.6 Å². The molecule has 3 nitrogen and oxygen atoms in total. The van der Waals surface area contributed by atoms with Crippen LogP contribution in [0, 0.1) is 5.92 Å². The van der Waals surface area contributed by atoms with E-state index >= 15 is 0 Å². The number of carbonyl (C=O) groups is 1. The first kappa shape index (κ1) is 15.8. The number of amides is 1. The lowest BCUT2D eigenvalue weighted by molar-refractivity contribution is -0.137. The van der Waals surface area contributed by atoms with Crippen LogP contribution in [0.4, 0.5) is 0 Å². The molecule has 0 saturated carbocycles. The Balaban J connectivity index is 0.00000147. The van der Waals surface area contributed by atoms with Gasteiger partial charge in [-0.15, -0.1) is 12.4 Å². The third-order valence-corrected chi connectivity index (χ3v) is 4.91. The number of carbonyl (C=O) groups excluding carboxylic acids is 1. The first-order valence-electron chi connectivity index (χ1n) is 7.01. The van der Waals surface area contributed by atoms with Crippen LogP contribution in [0.2, 0.25) is 0 Å². The maximum absolute atomic E-state index is 12.5. The molecule has 2 heterocycles. The minimum atomic E-state index is 0. The summed E-state index contributed by atoms with van der Waals surface area (Å²) in [5.74, 6) is 0.514. The first-order valence-corrected chi connectivity index (χ1v) is 7.81. The molecule has 1 aromatic carbocycles. The number of rotatable bonds is 1. The number of hydrogen-bond acceptors (Lipinski definition) is 2. The zero-order valence-corrected chi connectivity index (χ0v) is 13.8. The van der Waals surface area contributed by atoms with Gasteiger partial charge in [0.15, 0.2) is 0 Å². The summed E-state index contributed by atoms with van der Waals surface area (Å²) in [4.78, 5) is 14.6. The molecule has 5 heteroatoms. The molecule has 20 heavy (non-hydrogen) atoms. The molecule has 1 N–H and O–H groups in total. The van der Waals surface area contributed by atoms with Gasteiger partial charge < -0.3 is 10.2 Å². The normalized spacial score (nSPS) is 21.9. The Bertz CT molecular complexity index is 489. The molecule has 1 amide bonds. The molecule has 0 radical (unpaired) electrons. The largest absolute Gasteiger partial charge is 0.338 e. The van der Waals surface area contributed by atoms with Gasteiger partial charge in [0.2, 0.25) is 5.91 Å². The topological polar surface area (TPSA) is 32.3 Å². The summed E-state index contributed by atoms with van der Waals surface area (Å²) < 4.78 is 1.18. The van der Waals surface area contributed by atoms with Crippen molar-refractivity contribution in [3.05, 3.63) is 33.8 Å². The fourth-order valence-electron chi connectivity index (χ4n) is 3.07. The first-order chi connectivity index (χ1) is 9.25. The van der Waals surface area contributed by atoms with Crippen LogP contribution in [0.3, 0.4) is 0 Å². The summed E-state index contributed by atoms with van der Waals surface area (Å²) in [7, 11) is 0. The Morgan fingerprint density at radius 1 is 1.40 bits per heavy atom. The molecule has 1 aromatic rings. The second-order valence-corrected chi connectivity index (χ2v) is 6.28.